The Bertz CT molecular complexity index is 1810. The molecule has 252 valence electrons. The summed E-state index contributed by atoms with van der Waals surface area (Å²) in [5, 5.41) is 18.8. The molecule has 8 heteroatoms. The Hall–Kier alpha value is -3.98. The van der Waals surface area contributed by atoms with Crippen molar-refractivity contribution in [3.8, 4) is 34.1 Å². The maximum atomic E-state index is 8.33. The van der Waals surface area contributed by atoms with Crippen molar-refractivity contribution < 1.29 is 28.4 Å². The number of aryl methyl sites for hydroxylation is 1. The molecular formula is C40H46BBrO6. The van der Waals surface area contributed by atoms with Crippen molar-refractivity contribution in [3.05, 3.63) is 107 Å². The molecular weight excluding hydrogens is 667 g/mol. The van der Waals surface area contributed by atoms with Crippen LogP contribution in [0.25, 0.3) is 44.6 Å². The van der Waals surface area contributed by atoms with Crippen LogP contribution in [-0.4, -0.2) is 31.4 Å². The summed E-state index contributed by atoms with van der Waals surface area (Å²) in [7, 11) is 2.23. The fraction of sp³-hybridized carbons (Fsp3) is 0.300. The minimum Gasteiger partial charge on any atom is -0.497 e. The van der Waals surface area contributed by atoms with E-state index in [0.29, 0.717) is 6.32 Å². The Labute approximate surface area is 293 Å². The van der Waals surface area contributed by atoms with Crippen molar-refractivity contribution in [1.82, 2.24) is 0 Å². The standard InChI is InChI=1S/C20H22O2.C15H11BrO2.C5H13BO2/c1-3-4-5-6-15-7-9-16(10-8-15)19-13-17-11-12-18(21-2)14-20(17)22-19;1-17-13-7-4-11-8-14(18-15(11)9-13)10-2-5-12(16)6-3-10;1-2-3-4-5-6(7)8/h7-14H,3-6H2,1-2H3;2-9H,1H3;7-8H,2-5H2,1H3. The molecule has 0 saturated heterocycles. The highest BCUT2D eigenvalue weighted by molar-refractivity contribution is 9.10. The smallest absolute Gasteiger partial charge is 0.451 e. The number of hydrogen-bond donors (Lipinski definition) is 2. The maximum absolute atomic E-state index is 8.33. The monoisotopic (exact) mass is 712 g/mol. The Morgan fingerprint density at radius 2 is 1.08 bits per heavy atom. The molecule has 6 rings (SSSR count). The van der Waals surface area contributed by atoms with E-state index < -0.39 is 7.12 Å². The number of furan rings is 2. The molecule has 0 unspecified atom stereocenters. The van der Waals surface area contributed by atoms with Gasteiger partial charge in [-0.05, 0) is 73.3 Å². The zero-order chi connectivity index (χ0) is 34.3. The first-order valence-corrected chi connectivity index (χ1v) is 17.5. The van der Waals surface area contributed by atoms with Crippen LogP contribution in [0, 0.1) is 0 Å². The summed E-state index contributed by atoms with van der Waals surface area (Å²) in [5.41, 5.74) is 5.28. The van der Waals surface area contributed by atoms with Crippen molar-refractivity contribution in [2.75, 3.05) is 14.2 Å². The van der Waals surface area contributed by atoms with Crippen molar-refractivity contribution >= 4 is 45.0 Å². The molecule has 0 spiro atoms. The average molecular weight is 714 g/mol. The number of unbranched alkanes of at least 4 members (excludes halogenated alkanes) is 4. The van der Waals surface area contributed by atoms with Crippen LogP contribution in [0.15, 0.2) is 110 Å². The van der Waals surface area contributed by atoms with Gasteiger partial charge in [0.15, 0.2) is 0 Å². The van der Waals surface area contributed by atoms with E-state index in [1.165, 1.54) is 24.8 Å². The lowest BCUT2D eigenvalue weighted by atomic mass is 9.84. The number of rotatable bonds is 12. The van der Waals surface area contributed by atoms with Gasteiger partial charge in [0.1, 0.15) is 34.2 Å². The summed E-state index contributed by atoms with van der Waals surface area (Å²) >= 11 is 3.42. The summed E-state index contributed by atoms with van der Waals surface area (Å²) in [5.74, 6) is 3.40. The lowest BCUT2D eigenvalue weighted by molar-refractivity contribution is 0.402. The lowest BCUT2D eigenvalue weighted by Gasteiger charge is -2.02. The lowest BCUT2D eigenvalue weighted by Crippen LogP contribution is -2.09. The van der Waals surface area contributed by atoms with Gasteiger partial charge in [-0.2, -0.15) is 0 Å². The minimum atomic E-state index is -1.10. The molecule has 2 heterocycles. The van der Waals surface area contributed by atoms with Gasteiger partial charge < -0.3 is 28.4 Å². The third kappa shape index (κ3) is 11.0. The summed E-state index contributed by atoms with van der Waals surface area (Å²) in [4.78, 5) is 0. The molecule has 0 atom stereocenters. The highest BCUT2D eigenvalue weighted by Crippen LogP contribution is 2.32. The number of methoxy groups -OCH3 is 2. The van der Waals surface area contributed by atoms with E-state index in [1.807, 2.05) is 66.7 Å². The van der Waals surface area contributed by atoms with E-state index in [9.17, 15) is 0 Å². The van der Waals surface area contributed by atoms with Gasteiger partial charge in [0.25, 0.3) is 0 Å². The summed E-state index contributed by atoms with van der Waals surface area (Å²) in [6, 6.07) is 32.6. The molecule has 0 aliphatic heterocycles. The number of halogens is 1. The van der Waals surface area contributed by atoms with Crippen molar-refractivity contribution in [3.63, 3.8) is 0 Å². The molecule has 0 bridgehead atoms. The summed E-state index contributed by atoms with van der Waals surface area (Å²) in [6.07, 6.45) is 8.66. The van der Waals surface area contributed by atoms with E-state index >= 15 is 0 Å². The van der Waals surface area contributed by atoms with Crippen LogP contribution in [0.3, 0.4) is 0 Å². The molecule has 0 aliphatic carbocycles. The normalized spacial score (nSPS) is 10.6. The van der Waals surface area contributed by atoms with Gasteiger partial charge in [0, 0.05) is 38.5 Å². The number of ether oxygens (including phenoxy) is 2. The SMILES string of the molecule is CCCCCB(O)O.CCCCCc1ccc(-c2cc3ccc(OC)cc3o2)cc1.COc1ccc2cc(-c3ccc(Br)cc3)oc2c1. The first-order chi connectivity index (χ1) is 23.3. The van der Waals surface area contributed by atoms with E-state index in [0.717, 1.165) is 86.2 Å². The van der Waals surface area contributed by atoms with Crippen molar-refractivity contribution in [1.29, 1.82) is 0 Å². The third-order valence-corrected chi connectivity index (χ3v) is 8.49. The van der Waals surface area contributed by atoms with Crippen LogP contribution in [0.2, 0.25) is 6.32 Å². The quantitative estimate of drug-likeness (QED) is 0.0970. The molecule has 6 aromatic rings. The van der Waals surface area contributed by atoms with Crippen LogP contribution in [0.1, 0.15) is 57.9 Å². The molecule has 0 saturated carbocycles. The number of hydrogen-bond acceptors (Lipinski definition) is 6. The minimum absolute atomic E-state index is 0.522. The van der Waals surface area contributed by atoms with Crippen LogP contribution in [0.5, 0.6) is 11.5 Å². The molecule has 48 heavy (non-hydrogen) atoms. The van der Waals surface area contributed by atoms with Crippen LogP contribution in [-0.2, 0) is 6.42 Å². The highest BCUT2D eigenvalue weighted by Gasteiger charge is 2.09. The first kappa shape index (κ1) is 36.9. The summed E-state index contributed by atoms with van der Waals surface area (Å²) in [6.45, 7) is 4.32. The predicted octanol–water partition coefficient (Wildman–Crippen LogP) is 11.4. The predicted molar refractivity (Wildman–Crippen MR) is 202 cm³/mol. The first-order valence-electron chi connectivity index (χ1n) is 16.7. The van der Waals surface area contributed by atoms with E-state index in [4.69, 9.17) is 28.4 Å². The average Bonchev–Trinajstić information content (AvgIpc) is 3.73. The van der Waals surface area contributed by atoms with Gasteiger partial charge in [0.05, 0.1) is 14.2 Å². The van der Waals surface area contributed by atoms with E-state index in [1.54, 1.807) is 14.2 Å². The number of fused-ring (bicyclic) bond motifs is 2. The van der Waals surface area contributed by atoms with Crippen LogP contribution < -0.4 is 9.47 Å². The van der Waals surface area contributed by atoms with Crippen molar-refractivity contribution in [2.45, 2.75) is 65.1 Å². The molecule has 0 fully saturated rings. The van der Waals surface area contributed by atoms with Gasteiger partial charge >= 0.3 is 7.12 Å². The number of benzene rings is 4. The van der Waals surface area contributed by atoms with Gasteiger partial charge in [-0.3, -0.25) is 0 Å². The Kier molecular flexibility index (Phi) is 14.7. The third-order valence-electron chi connectivity index (χ3n) is 7.96. The Morgan fingerprint density at radius 3 is 1.54 bits per heavy atom. The second-order valence-electron chi connectivity index (χ2n) is 11.7. The molecule has 0 aliphatic rings. The van der Waals surface area contributed by atoms with Gasteiger partial charge in [-0.25, -0.2) is 0 Å². The second-order valence-corrected chi connectivity index (χ2v) is 12.6. The zero-order valence-electron chi connectivity index (χ0n) is 28.4. The Morgan fingerprint density at radius 1 is 0.604 bits per heavy atom. The molecule has 4 aromatic carbocycles. The zero-order valence-corrected chi connectivity index (χ0v) is 30.0. The maximum Gasteiger partial charge on any atom is 0.451 e. The topological polar surface area (TPSA) is 85.2 Å². The summed E-state index contributed by atoms with van der Waals surface area (Å²) < 4.78 is 23.3. The van der Waals surface area contributed by atoms with Gasteiger partial charge in [-0.15, -0.1) is 0 Å². The Balaban J connectivity index is 0.000000180. The van der Waals surface area contributed by atoms with Crippen LogP contribution >= 0.6 is 15.9 Å². The van der Waals surface area contributed by atoms with Gasteiger partial charge in [-0.1, -0.05) is 98.3 Å². The van der Waals surface area contributed by atoms with Crippen molar-refractivity contribution in [2.24, 2.45) is 0 Å². The molecule has 0 radical (unpaired) electrons. The second kappa shape index (κ2) is 19.1. The van der Waals surface area contributed by atoms with Gasteiger partial charge in [0.2, 0.25) is 0 Å². The molecule has 2 aromatic heterocycles. The molecule has 6 nitrogen and oxygen atoms in total. The van der Waals surface area contributed by atoms with E-state index in [2.05, 4.69) is 60.1 Å². The highest BCUT2D eigenvalue weighted by atomic mass is 79.9. The van der Waals surface area contributed by atoms with Crippen LogP contribution in [0.4, 0.5) is 0 Å². The molecule has 2 N–H and O–H groups in total. The molecule has 0 amide bonds. The fourth-order valence-electron chi connectivity index (χ4n) is 5.17. The fourth-order valence-corrected chi connectivity index (χ4v) is 5.43. The van der Waals surface area contributed by atoms with E-state index in [-0.39, 0.29) is 0 Å². The largest absolute Gasteiger partial charge is 0.497 e.